The van der Waals surface area contributed by atoms with Crippen molar-refractivity contribution in [2.75, 3.05) is 19.6 Å². The second-order valence-electron chi connectivity index (χ2n) is 6.76. The van der Waals surface area contributed by atoms with Gasteiger partial charge in [-0.3, -0.25) is 4.79 Å². The number of nitrogens with one attached hydrogen (secondary N) is 1. The van der Waals surface area contributed by atoms with Crippen LogP contribution in [-0.4, -0.2) is 36.5 Å². The van der Waals surface area contributed by atoms with Crippen molar-refractivity contribution in [1.82, 2.24) is 10.2 Å². The fourth-order valence-corrected chi connectivity index (χ4v) is 4.19. The highest BCUT2D eigenvalue weighted by atomic mass is 16.2. The molecule has 1 N–H and O–H groups in total. The molecule has 2 atom stereocenters. The largest absolute Gasteiger partial charge is 0.338 e. The first kappa shape index (κ1) is 12.4. The zero-order valence-electron chi connectivity index (χ0n) is 11.8. The van der Waals surface area contributed by atoms with E-state index in [1.54, 1.807) is 0 Å². The van der Waals surface area contributed by atoms with Crippen LogP contribution in [0.25, 0.3) is 0 Å². The minimum atomic E-state index is -0.172. The van der Waals surface area contributed by atoms with Gasteiger partial charge in [0.25, 0.3) is 0 Å². The SMILES string of the molecule is O=C(N1C[C@@H]2CCC[C@@H]21)C1(Cc2ccccc2)CNC1. The van der Waals surface area contributed by atoms with Crippen LogP contribution in [-0.2, 0) is 11.2 Å². The van der Waals surface area contributed by atoms with Gasteiger partial charge in [0.15, 0.2) is 0 Å². The fourth-order valence-electron chi connectivity index (χ4n) is 4.19. The van der Waals surface area contributed by atoms with Crippen molar-refractivity contribution in [3.05, 3.63) is 35.9 Å². The fraction of sp³-hybridized carbons (Fsp3) is 0.588. The van der Waals surface area contributed by atoms with Crippen LogP contribution in [0, 0.1) is 11.3 Å². The van der Waals surface area contributed by atoms with Crippen LogP contribution < -0.4 is 5.32 Å². The van der Waals surface area contributed by atoms with Crippen LogP contribution in [0.1, 0.15) is 24.8 Å². The van der Waals surface area contributed by atoms with Gasteiger partial charge >= 0.3 is 0 Å². The molecule has 1 aliphatic carbocycles. The van der Waals surface area contributed by atoms with E-state index in [4.69, 9.17) is 0 Å². The summed E-state index contributed by atoms with van der Waals surface area (Å²) in [7, 11) is 0. The first-order valence-electron chi connectivity index (χ1n) is 7.84. The van der Waals surface area contributed by atoms with E-state index in [9.17, 15) is 4.79 Å². The van der Waals surface area contributed by atoms with Gasteiger partial charge in [0.05, 0.1) is 5.41 Å². The van der Waals surface area contributed by atoms with E-state index in [0.29, 0.717) is 11.9 Å². The zero-order chi connectivity index (χ0) is 13.6. The molecule has 2 heterocycles. The highest BCUT2D eigenvalue weighted by Crippen LogP contribution is 2.42. The lowest BCUT2D eigenvalue weighted by Crippen LogP contribution is -2.68. The van der Waals surface area contributed by atoms with Gasteiger partial charge in [-0.05, 0) is 30.7 Å². The summed E-state index contributed by atoms with van der Waals surface area (Å²) < 4.78 is 0. The Kier molecular flexibility index (Phi) is 2.84. The van der Waals surface area contributed by atoms with E-state index in [-0.39, 0.29) is 5.41 Å². The van der Waals surface area contributed by atoms with Gasteiger partial charge in [-0.15, -0.1) is 0 Å². The lowest BCUT2D eigenvalue weighted by atomic mass is 9.73. The summed E-state index contributed by atoms with van der Waals surface area (Å²) in [5, 5.41) is 3.32. The Bertz CT molecular complexity index is 509. The molecule has 0 unspecified atom stereocenters. The van der Waals surface area contributed by atoms with E-state index in [2.05, 4.69) is 34.5 Å². The Morgan fingerprint density at radius 3 is 2.70 bits per heavy atom. The monoisotopic (exact) mass is 270 g/mol. The molecule has 3 nitrogen and oxygen atoms in total. The molecule has 1 amide bonds. The van der Waals surface area contributed by atoms with Gasteiger partial charge in [0.2, 0.25) is 5.91 Å². The number of rotatable bonds is 3. The molecular formula is C17H22N2O. The maximum Gasteiger partial charge on any atom is 0.231 e. The molecule has 0 bridgehead atoms. The van der Waals surface area contributed by atoms with Crippen LogP contribution >= 0.6 is 0 Å². The first-order chi connectivity index (χ1) is 9.78. The molecule has 0 radical (unpaired) electrons. The van der Waals surface area contributed by atoms with E-state index in [1.807, 2.05) is 6.07 Å². The van der Waals surface area contributed by atoms with Crippen LogP contribution in [0.3, 0.4) is 0 Å². The molecular weight excluding hydrogens is 248 g/mol. The van der Waals surface area contributed by atoms with Gasteiger partial charge in [-0.25, -0.2) is 0 Å². The molecule has 1 saturated carbocycles. The standard InChI is InChI=1S/C17H22N2O/c20-16(19-10-14-7-4-8-15(14)19)17(11-18-12-17)9-13-5-2-1-3-6-13/h1-3,5-6,14-15,18H,4,7-12H2/t14-,15-/m0/s1. The lowest BCUT2D eigenvalue weighted by Gasteiger charge is -2.52. The van der Waals surface area contributed by atoms with Crippen LogP contribution in [0.5, 0.6) is 0 Å². The summed E-state index contributed by atoms with van der Waals surface area (Å²) in [6, 6.07) is 11.0. The minimum Gasteiger partial charge on any atom is -0.338 e. The summed E-state index contributed by atoms with van der Waals surface area (Å²) in [5.41, 5.74) is 1.11. The number of amides is 1. The number of fused-ring (bicyclic) bond motifs is 1. The maximum atomic E-state index is 13.0. The number of hydrogen-bond acceptors (Lipinski definition) is 2. The van der Waals surface area contributed by atoms with E-state index in [1.165, 1.54) is 24.8 Å². The predicted octanol–water partition coefficient (Wildman–Crippen LogP) is 1.83. The lowest BCUT2D eigenvalue weighted by molar-refractivity contribution is -0.157. The highest BCUT2D eigenvalue weighted by Gasteiger charge is 2.53. The number of nitrogens with zero attached hydrogens (tertiary/aromatic N) is 1. The molecule has 106 valence electrons. The van der Waals surface area contributed by atoms with Gasteiger partial charge in [0.1, 0.15) is 0 Å². The second kappa shape index (κ2) is 4.59. The third-order valence-electron chi connectivity index (χ3n) is 5.48. The van der Waals surface area contributed by atoms with Gasteiger partial charge in [-0.1, -0.05) is 36.8 Å². The molecule has 2 aliphatic heterocycles. The molecule has 0 spiro atoms. The normalized spacial score (nSPS) is 30.3. The summed E-state index contributed by atoms with van der Waals surface area (Å²) in [5.74, 6) is 1.21. The van der Waals surface area contributed by atoms with Crippen LogP contribution in [0.2, 0.25) is 0 Å². The van der Waals surface area contributed by atoms with Crippen LogP contribution in [0.4, 0.5) is 0 Å². The third-order valence-corrected chi connectivity index (χ3v) is 5.48. The van der Waals surface area contributed by atoms with E-state index < -0.39 is 0 Å². The Hall–Kier alpha value is -1.35. The van der Waals surface area contributed by atoms with Crippen molar-refractivity contribution < 1.29 is 4.79 Å². The van der Waals surface area contributed by atoms with Crippen molar-refractivity contribution in [3.8, 4) is 0 Å². The molecule has 0 aromatic heterocycles. The number of hydrogen-bond donors (Lipinski definition) is 1. The van der Waals surface area contributed by atoms with Crippen molar-refractivity contribution in [2.45, 2.75) is 31.7 Å². The molecule has 1 aromatic carbocycles. The first-order valence-corrected chi connectivity index (χ1v) is 7.84. The quantitative estimate of drug-likeness (QED) is 0.909. The molecule has 3 fully saturated rings. The topological polar surface area (TPSA) is 32.3 Å². The molecule has 1 aromatic rings. The Balaban J connectivity index is 1.51. The summed E-state index contributed by atoms with van der Waals surface area (Å²) in [6.07, 6.45) is 4.75. The number of carbonyl (C=O) groups is 1. The molecule has 3 aliphatic rings. The molecule has 3 heteroatoms. The van der Waals surface area contributed by atoms with E-state index in [0.717, 1.165) is 32.0 Å². The third kappa shape index (κ3) is 1.80. The number of carbonyl (C=O) groups excluding carboxylic acids is 1. The average Bonchev–Trinajstić information content (AvgIpc) is 2.76. The van der Waals surface area contributed by atoms with Crippen LogP contribution in [0.15, 0.2) is 30.3 Å². The van der Waals surface area contributed by atoms with Crippen molar-refractivity contribution in [2.24, 2.45) is 11.3 Å². The predicted molar refractivity (Wildman–Crippen MR) is 78.3 cm³/mol. The molecule has 20 heavy (non-hydrogen) atoms. The Labute approximate surface area is 120 Å². The maximum absolute atomic E-state index is 13.0. The Morgan fingerprint density at radius 1 is 1.25 bits per heavy atom. The summed E-state index contributed by atoms with van der Waals surface area (Å²) in [6.45, 7) is 2.70. The van der Waals surface area contributed by atoms with Gasteiger partial charge in [0, 0.05) is 25.7 Å². The smallest absolute Gasteiger partial charge is 0.231 e. The number of likely N-dealkylation sites (tertiary alicyclic amines) is 1. The highest BCUT2D eigenvalue weighted by molar-refractivity contribution is 5.86. The van der Waals surface area contributed by atoms with Crippen molar-refractivity contribution in [3.63, 3.8) is 0 Å². The number of benzene rings is 1. The van der Waals surface area contributed by atoms with Crippen molar-refractivity contribution >= 4 is 5.91 Å². The second-order valence-corrected chi connectivity index (χ2v) is 6.76. The summed E-state index contributed by atoms with van der Waals surface area (Å²) >= 11 is 0. The van der Waals surface area contributed by atoms with Gasteiger partial charge < -0.3 is 10.2 Å². The minimum absolute atomic E-state index is 0.172. The average molecular weight is 270 g/mol. The van der Waals surface area contributed by atoms with E-state index >= 15 is 0 Å². The molecule has 4 rings (SSSR count). The summed E-state index contributed by atoms with van der Waals surface area (Å²) in [4.78, 5) is 15.1. The van der Waals surface area contributed by atoms with Crippen molar-refractivity contribution in [1.29, 1.82) is 0 Å². The van der Waals surface area contributed by atoms with Gasteiger partial charge in [-0.2, -0.15) is 0 Å². The molecule has 2 saturated heterocycles. The Morgan fingerprint density at radius 2 is 2.05 bits per heavy atom. The zero-order valence-corrected chi connectivity index (χ0v) is 11.8.